The van der Waals surface area contributed by atoms with Crippen molar-refractivity contribution in [3.05, 3.63) is 52.4 Å². The smallest absolute Gasteiger partial charge is 0.337 e. The summed E-state index contributed by atoms with van der Waals surface area (Å²) in [6.45, 7) is 2.33. The number of nitrogens with zero attached hydrogens (tertiary/aromatic N) is 3. The van der Waals surface area contributed by atoms with Crippen molar-refractivity contribution in [2.75, 3.05) is 0 Å². The molecule has 108 valence electrons. The van der Waals surface area contributed by atoms with Gasteiger partial charge in [0.15, 0.2) is 0 Å². The van der Waals surface area contributed by atoms with Crippen molar-refractivity contribution in [2.45, 2.75) is 13.5 Å². The van der Waals surface area contributed by atoms with Gasteiger partial charge in [0.1, 0.15) is 0 Å². The third-order valence-corrected chi connectivity index (χ3v) is 4.09. The summed E-state index contributed by atoms with van der Waals surface area (Å²) < 4.78 is 3.62. The van der Waals surface area contributed by atoms with Gasteiger partial charge in [-0.05, 0) is 13.0 Å². The van der Waals surface area contributed by atoms with E-state index in [4.69, 9.17) is 11.6 Å². The van der Waals surface area contributed by atoms with Crippen molar-refractivity contribution in [2.24, 2.45) is 7.05 Å². The molecule has 2 heterocycles. The quantitative estimate of drug-likeness (QED) is 0.809. The molecular weight excluding hydrogens is 290 g/mol. The minimum Gasteiger partial charge on any atom is -0.478 e. The molecular formula is C15H14ClN3O2. The fourth-order valence-corrected chi connectivity index (χ4v) is 2.78. The van der Waals surface area contributed by atoms with Crippen LogP contribution in [0.5, 0.6) is 0 Å². The summed E-state index contributed by atoms with van der Waals surface area (Å²) >= 11 is 6.27. The van der Waals surface area contributed by atoms with Crippen LogP contribution >= 0.6 is 11.6 Å². The van der Waals surface area contributed by atoms with Crippen molar-refractivity contribution in [1.82, 2.24) is 14.3 Å². The SMILES string of the molecule is Cc1nn(C)c(Cn2cc(C(=O)O)c3ccccc32)c1Cl. The van der Waals surface area contributed by atoms with Gasteiger partial charge in [-0.2, -0.15) is 5.10 Å². The number of halogens is 1. The van der Waals surface area contributed by atoms with Crippen LogP contribution in [0, 0.1) is 6.92 Å². The minimum atomic E-state index is -0.933. The Kier molecular flexibility index (Phi) is 3.22. The van der Waals surface area contributed by atoms with Crippen LogP contribution < -0.4 is 0 Å². The molecule has 0 fully saturated rings. The molecule has 0 saturated carbocycles. The number of fused-ring (bicyclic) bond motifs is 1. The van der Waals surface area contributed by atoms with Gasteiger partial charge in [-0.1, -0.05) is 29.8 Å². The van der Waals surface area contributed by atoms with E-state index in [-0.39, 0.29) is 0 Å². The lowest BCUT2D eigenvalue weighted by Gasteiger charge is -2.06. The third kappa shape index (κ3) is 2.19. The maximum atomic E-state index is 11.4. The molecule has 0 spiro atoms. The Morgan fingerprint density at radius 3 is 2.71 bits per heavy atom. The van der Waals surface area contributed by atoms with E-state index in [1.165, 1.54) is 0 Å². The molecule has 3 aromatic rings. The molecule has 0 amide bonds. The number of aromatic nitrogens is 3. The molecule has 1 N–H and O–H groups in total. The van der Waals surface area contributed by atoms with E-state index in [2.05, 4.69) is 5.10 Å². The molecule has 6 heteroatoms. The highest BCUT2D eigenvalue weighted by atomic mass is 35.5. The molecule has 21 heavy (non-hydrogen) atoms. The maximum Gasteiger partial charge on any atom is 0.337 e. The van der Waals surface area contributed by atoms with Crippen molar-refractivity contribution < 1.29 is 9.90 Å². The minimum absolute atomic E-state index is 0.292. The molecule has 0 aliphatic heterocycles. The first-order chi connectivity index (χ1) is 9.99. The van der Waals surface area contributed by atoms with E-state index >= 15 is 0 Å². The Balaban J connectivity index is 2.15. The molecule has 0 unspecified atom stereocenters. The topological polar surface area (TPSA) is 60.0 Å². The summed E-state index contributed by atoms with van der Waals surface area (Å²) in [4.78, 5) is 11.4. The van der Waals surface area contributed by atoms with E-state index in [0.717, 1.165) is 22.3 Å². The first-order valence-corrected chi connectivity index (χ1v) is 6.86. The van der Waals surface area contributed by atoms with Gasteiger partial charge in [-0.15, -0.1) is 0 Å². The van der Waals surface area contributed by atoms with Gasteiger partial charge in [-0.3, -0.25) is 4.68 Å². The second kappa shape index (κ2) is 4.93. The van der Waals surface area contributed by atoms with Crippen LogP contribution in [-0.2, 0) is 13.6 Å². The highest BCUT2D eigenvalue weighted by Crippen LogP contribution is 2.25. The summed E-state index contributed by atoms with van der Waals surface area (Å²) in [5.41, 5.74) is 2.78. The lowest BCUT2D eigenvalue weighted by Crippen LogP contribution is -2.05. The lowest BCUT2D eigenvalue weighted by atomic mass is 10.2. The fraction of sp³-hybridized carbons (Fsp3) is 0.200. The predicted molar refractivity (Wildman–Crippen MR) is 81.0 cm³/mol. The van der Waals surface area contributed by atoms with E-state index in [0.29, 0.717) is 17.1 Å². The highest BCUT2D eigenvalue weighted by Gasteiger charge is 2.17. The van der Waals surface area contributed by atoms with Crippen LogP contribution in [0.3, 0.4) is 0 Å². The predicted octanol–water partition coefficient (Wildman–Crippen LogP) is 3.08. The summed E-state index contributed by atoms with van der Waals surface area (Å²) in [5.74, 6) is -0.933. The van der Waals surface area contributed by atoms with Gasteiger partial charge in [0, 0.05) is 24.1 Å². The lowest BCUT2D eigenvalue weighted by molar-refractivity contribution is 0.0699. The molecule has 0 aliphatic rings. The van der Waals surface area contributed by atoms with Crippen LogP contribution in [0.25, 0.3) is 10.9 Å². The molecule has 0 atom stereocenters. The zero-order valence-corrected chi connectivity index (χ0v) is 12.4. The Morgan fingerprint density at radius 2 is 2.10 bits per heavy atom. The van der Waals surface area contributed by atoms with Crippen molar-refractivity contribution in [1.29, 1.82) is 0 Å². The number of para-hydroxylation sites is 1. The third-order valence-electron chi connectivity index (χ3n) is 3.60. The first-order valence-electron chi connectivity index (χ1n) is 6.48. The zero-order chi connectivity index (χ0) is 15.1. The van der Waals surface area contributed by atoms with E-state index in [1.807, 2.05) is 42.8 Å². The van der Waals surface area contributed by atoms with Gasteiger partial charge in [0.05, 0.1) is 28.5 Å². The molecule has 0 bridgehead atoms. The second-order valence-electron chi connectivity index (χ2n) is 4.96. The Hall–Kier alpha value is -2.27. The van der Waals surface area contributed by atoms with Gasteiger partial charge in [0.2, 0.25) is 0 Å². The maximum absolute atomic E-state index is 11.4. The molecule has 2 aromatic heterocycles. The first kappa shape index (κ1) is 13.7. The van der Waals surface area contributed by atoms with Crippen LogP contribution in [0.15, 0.2) is 30.5 Å². The number of carboxylic acid groups (broad SMARTS) is 1. The Morgan fingerprint density at radius 1 is 1.38 bits per heavy atom. The fourth-order valence-electron chi connectivity index (χ4n) is 2.56. The summed E-state index contributed by atoms with van der Waals surface area (Å²) in [7, 11) is 1.83. The number of carboxylic acids is 1. The van der Waals surface area contributed by atoms with Crippen LogP contribution in [-0.4, -0.2) is 25.4 Å². The second-order valence-corrected chi connectivity index (χ2v) is 5.34. The monoisotopic (exact) mass is 303 g/mol. The number of benzene rings is 1. The standard InChI is InChI=1S/C15H14ClN3O2/c1-9-14(16)13(18(2)17-9)8-19-7-11(15(20)21)10-5-3-4-6-12(10)19/h3-7H,8H2,1-2H3,(H,20,21). The van der Waals surface area contributed by atoms with Crippen molar-refractivity contribution in [3.8, 4) is 0 Å². The number of hydrogen-bond donors (Lipinski definition) is 1. The van der Waals surface area contributed by atoms with Gasteiger partial charge >= 0.3 is 5.97 Å². The molecule has 0 radical (unpaired) electrons. The number of hydrogen-bond acceptors (Lipinski definition) is 2. The van der Waals surface area contributed by atoms with E-state index < -0.39 is 5.97 Å². The van der Waals surface area contributed by atoms with Crippen molar-refractivity contribution >= 4 is 28.5 Å². The average molecular weight is 304 g/mol. The Labute approximate surface area is 126 Å². The summed E-state index contributed by atoms with van der Waals surface area (Å²) in [5, 5.41) is 14.9. The van der Waals surface area contributed by atoms with Crippen LogP contribution in [0.4, 0.5) is 0 Å². The largest absolute Gasteiger partial charge is 0.478 e. The number of aryl methyl sites for hydroxylation is 2. The summed E-state index contributed by atoms with van der Waals surface area (Å²) in [6, 6.07) is 7.44. The normalized spacial score (nSPS) is 11.2. The van der Waals surface area contributed by atoms with Crippen LogP contribution in [0.1, 0.15) is 21.7 Å². The van der Waals surface area contributed by atoms with Crippen molar-refractivity contribution in [3.63, 3.8) is 0 Å². The molecule has 0 saturated heterocycles. The molecule has 3 rings (SSSR count). The number of aromatic carboxylic acids is 1. The van der Waals surface area contributed by atoms with Gasteiger partial charge in [-0.25, -0.2) is 4.79 Å². The van der Waals surface area contributed by atoms with Gasteiger partial charge < -0.3 is 9.67 Å². The molecule has 5 nitrogen and oxygen atoms in total. The van der Waals surface area contributed by atoms with E-state index in [9.17, 15) is 9.90 Å². The summed E-state index contributed by atoms with van der Waals surface area (Å²) in [6.07, 6.45) is 1.64. The Bertz CT molecular complexity index is 848. The average Bonchev–Trinajstić information content (AvgIpc) is 2.93. The molecule has 1 aromatic carbocycles. The van der Waals surface area contributed by atoms with Crippen LogP contribution in [0.2, 0.25) is 5.02 Å². The highest BCUT2D eigenvalue weighted by molar-refractivity contribution is 6.31. The number of carbonyl (C=O) groups is 1. The number of rotatable bonds is 3. The van der Waals surface area contributed by atoms with E-state index in [1.54, 1.807) is 10.9 Å². The zero-order valence-electron chi connectivity index (χ0n) is 11.7. The molecule has 0 aliphatic carbocycles. The van der Waals surface area contributed by atoms with Gasteiger partial charge in [0.25, 0.3) is 0 Å².